The fourth-order valence-electron chi connectivity index (χ4n) is 1.87. The zero-order chi connectivity index (χ0) is 14.4. The van der Waals surface area contributed by atoms with Gasteiger partial charge in [-0.25, -0.2) is 6.92 Å². The molecule has 0 aliphatic carbocycles. The third kappa shape index (κ3) is 5.18. The van der Waals surface area contributed by atoms with Crippen LogP contribution in [0.25, 0.3) is 0 Å². The van der Waals surface area contributed by atoms with Crippen LogP contribution in [0.3, 0.4) is 0 Å². The Morgan fingerprint density at radius 1 is 1.00 bits per heavy atom. The molecule has 0 aliphatic heterocycles. The summed E-state index contributed by atoms with van der Waals surface area (Å²) in [5, 5.41) is 0. The van der Waals surface area contributed by atoms with Gasteiger partial charge in [0.2, 0.25) is 0 Å². The van der Waals surface area contributed by atoms with Gasteiger partial charge in [-0.15, -0.1) is 12.1 Å². The summed E-state index contributed by atoms with van der Waals surface area (Å²) in [6.07, 6.45) is 0. The minimum Gasteiger partial charge on any atom is -0.748 e. The van der Waals surface area contributed by atoms with Gasteiger partial charge in [0.15, 0.2) is 0 Å². The Morgan fingerprint density at radius 2 is 1.52 bits per heavy atom. The van der Waals surface area contributed by atoms with Crippen molar-refractivity contribution < 1.29 is 21.9 Å². The van der Waals surface area contributed by atoms with Gasteiger partial charge in [-0.2, -0.15) is 12.1 Å². The normalized spacial score (nSPS) is 9.24. The third-order valence-electron chi connectivity index (χ3n) is 3.07. The standard InChI is InChI=1S/C13H11O.C6H7.Fe/c1-10-6-8-12(9-7-10)13(14)11-4-2-3-5-11;1-6-4-2-3-5-6;/h2-9H,1H3;2-5H,1H3;/q-1;-5;. The van der Waals surface area contributed by atoms with Crippen molar-refractivity contribution in [3.05, 3.63) is 95.1 Å². The quantitative estimate of drug-likeness (QED) is 0.382. The van der Waals surface area contributed by atoms with Gasteiger partial charge in [0, 0.05) is 17.1 Å². The average molecular weight is 318 g/mol. The number of aryl methyl sites for hydroxylation is 2. The number of rotatable bonds is 2. The molecule has 0 aliphatic rings. The topological polar surface area (TPSA) is 17.1 Å². The summed E-state index contributed by atoms with van der Waals surface area (Å²) < 4.78 is 0. The fourth-order valence-corrected chi connectivity index (χ4v) is 1.87. The molecular formula is C19H18FeO-6. The van der Waals surface area contributed by atoms with E-state index < -0.39 is 0 Å². The van der Waals surface area contributed by atoms with E-state index in [0.29, 0.717) is 0 Å². The van der Waals surface area contributed by atoms with Gasteiger partial charge in [0.25, 0.3) is 0 Å². The largest absolute Gasteiger partial charge is 0.748 e. The zero-order valence-electron chi connectivity index (χ0n) is 12.2. The van der Waals surface area contributed by atoms with Crippen LogP contribution in [0.5, 0.6) is 0 Å². The van der Waals surface area contributed by atoms with E-state index in [9.17, 15) is 4.79 Å². The summed E-state index contributed by atoms with van der Waals surface area (Å²) in [6, 6.07) is 23.3. The Kier molecular flexibility index (Phi) is 6.87. The van der Waals surface area contributed by atoms with Gasteiger partial charge in [-0.1, -0.05) is 41.0 Å². The molecule has 0 saturated carbocycles. The van der Waals surface area contributed by atoms with E-state index in [1.165, 1.54) is 11.1 Å². The van der Waals surface area contributed by atoms with Gasteiger partial charge in [-0.3, -0.25) is 0 Å². The maximum atomic E-state index is 11.8. The molecule has 2 heteroatoms. The number of benzene rings is 1. The summed E-state index contributed by atoms with van der Waals surface area (Å²) in [5.74, 6) is 0.0926. The third-order valence-corrected chi connectivity index (χ3v) is 3.07. The monoisotopic (exact) mass is 318 g/mol. The Labute approximate surface area is 136 Å². The van der Waals surface area contributed by atoms with Crippen LogP contribution in [0.4, 0.5) is 0 Å². The maximum absolute atomic E-state index is 11.8. The molecule has 0 radical (unpaired) electrons. The summed E-state index contributed by atoms with van der Waals surface area (Å²) in [6.45, 7) is 4.09. The molecule has 0 spiro atoms. The van der Waals surface area contributed by atoms with E-state index >= 15 is 0 Å². The van der Waals surface area contributed by atoms with Crippen LogP contribution in [0.1, 0.15) is 27.0 Å². The SMILES string of the molecule is C[c-]1[cH-][cH-][cH-][cH-]1.Cc1ccc(C(=O)[c-]2cccc2)cc1.[Fe]. The van der Waals surface area contributed by atoms with Crippen LogP contribution >= 0.6 is 0 Å². The summed E-state index contributed by atoms with van der Waals surface area (Å²) in [4.78, 5) is 11.8. The van der Waals surface area contributed by atoms with E-state index in [1.807, 2.05) is 67.6 Å². The molecule has 0 bridgehead atoms. The molecule has 21 heavy (non-hydrogen) atoms. The van der Waals surface area contributed by atoms with Crippen molar-refractivity contribution in [2.75, 3.05) is 0 Å². The number of hydrogen-bond donors (Lipinski definition) is 0. The first kappa shape index (κ1) is 17.2. The molecule has 0 heterocycles. The molecule has 0 amide bonds. The molecule has 0 unspecified atom stereocenters. The van der Waals surface area contributed by atoms with E-state index in [-0.39, 0.29) is 22.9 Å². The van der Waals surface area contributed by atoms with Crippen molar-refractivity contribution >= 4 is 5.78 Å². The second-order valence-corrected chi connectivity index (χ2v) is 4.83. The summed E-state index contributed by atoms with van der Waals surface area (Å²) in [7, 11) is 0. The van der Waals surface area contributed by atoms with Gasteiger partial charge in [0.1, 0.15) is 5.78 Å². The first-order valence-electron chi connectivity index (χ1n) is 6.68. The maximum Gasteiger partial charge on any atom is 0.112 e. The number of carbonyl (C=O) groups is 1. The molecule has 0 fully saturated rings. The van der Waals surface area contributed by atoms with Crippen molar-refractivity contribution in [2.45, 2.75) is 13.8 Å². The van der Waals surface area contributed by atoms with Gasteiger partial charge >= 0.3 is 0 Å². The molecule has 3 rings (SSSR count). The molecule has 0 atom stereocenters. The van der Waals surface area contributed by atoms with E-state index in [2.05, 4.69) is 19.1 Å². The molecule has 0 saturated heterocycles. The van der Waals surface area contributed by atoms with E-state index in [0.717, 1.165) is 11.1 Å². The van der Waals surface area contributed by atoms with E-state index in [1.54, 1.807) is 0 Å². The van der Waals surface area contributed by atoms with Crippen molar-refractivity contribution in [3.63, 3.8) is 0 Å². The Balaban J connectivity index is 0.000000267. The molecular weight excluding hydrogens is 300 g/mol. The Bertz CT molecular complexity index is 631. The van der Waals surface area contributed by atoms with Crippen molar-refractivity contribution in [3.8, 4) is 0 Å². The van der Waals surface area contributed by atoms with E-state index in [4.69, 9.17) is 0 Å². The average Bonchev–Trinajstić information content (AvgIpc) is 3.12. The number of ketones is 1. The molecule has 0 aromatic heterocycles. The molecule has 1 nitrogen and oxygen atoms in total. The fraction of sp³-hybridized carbons (Fsp3) is 0.105. The predicted molar refractivity (Wildman–Crippen MR) is 83.4 cm³/mol. The minimum atomic E-state index is 0. The smallest absolute Gasteiger partial charge is 0.112 e. The van der Waals surface area contributed by atoms with Crippen LogP contribution < -0.4 is 0 Å². The van der Waals surface area contributed by atoms with Crippen molar-refractivity contribution in [1.29, 1.82) is 0 Å². The van der Waals surface area contributed by atoms with Crippen LogP contribution in [0.15, 0.2) is 72.8 Å². The van der Waals surface area contributed by atoms with Gasteiger partial charge in [0.05, 0.1) is 0 Å². The predicted octanol–water partition coefficient (Wildman–Crippen LogP) is 4.66. The summed E-state index contributed by atoms with van der Waals surface area (Å²) >= 11 is 0. The zero-order valence-corrected chi connectivity index (χ0v) is 13.3. The second kappa shape index (κ2) is 8.41. The molecule has 0 N–H and O–H groups in total. The molecule has 3 aromatic rings. The Morgan fingerprint density at radius 3 is 1.95 bits per heavy atom. The van der Waals surface area contributed by atoms with Crippen molar-refractivity contribution in [2.24, 2.45) is 0 Å². The van der Waals surface area contributed by atoms with Crippen LogP contribution in [-0.2, 0) is 17.1 Å². The first-order valence-corrected chi connectivity index (χ1v) is 6.68. The summed E-state index contributed by atoms with van der Waals surface area (Å²) in [5.41, 5.74) is 4.02. The first-order chi connectivity index (χ1) is 9.66. The molecule has 3 aromatic carbocycles. The molecule has 114 valence electrons. The van der Waals surface area contributed by atoms with Gasteiger partial charge < -0.3 is 34.6 Å². The van der Waals surface area contributed by atoms with Crippen LogP contribution in [0, 0.1) is 13.8 Å². The number of hydrogen-bond acceptors (Lipinski definition) is 1. The minimum absolute atomic E-state index is 0. The van der Waals surface area contributed by atoms with Crippen molar-refractivity contribution in [1.82, 2.24) is 0 Å². The van der Waals surface area contributed by atoms with Crippen LogP contribution in [0.2, 0.25) is 0 Å². The number of carbonyl (C=O) groups excluding carboxylic acids is 1. The Hall–Kier alpha value is -1.89. The van der Waals surface area contributed by atoms with Crippen LogP contribution in [-0.4, -0.2) is 5.78 Å². The van der Waals surface area contributed by atoms with Gasteiger partial charge in [-0.05, 0) is 6.92 Å². The second-order valence-electron chi connectivity index (χ2n) is 4.83.